The molecule has 11 heteroatoms. The lowest BCUT2D eigenvalue weighted by molar-refractivity contribution is -0.137. The predicted molar refractivity (Wildman–Crippen MR) is 151 cm³/mol. The summed E-state index contributed by atoms with van der Waals surface area (Å²) in [5.41, 5.74) is 7.31. The van der Waals surface area contributed by atoms with Crippen molar-refractivity contribution in [2.45, 2.75) is 52.1 Å². The fourth-order valence-corrected chi connectivity index (χ4v) is 4.67. The number of nitrogens with two attached hydrogens (primary N) is 1. The summed E-state index contributed by atoms with van der Waals surface area (Å²) in [6.07, 6.45) is 1.92. The number of carbonyl (C=O) groups is 4. The standard InChI is InChI=1S/C29H36N4O7/c1-5-6-9-12-32(27-23(39-3)13-18(2)14-24(27)40-4)29(38)20(16-25(30)34)31-28(37)22-15-19-10-7-8-11-21(19)33(22)17-26(35)36/h7-8,10-11,13-15,20H,5-6,9,12,16-17H2,1-4H3,(H2,30,34)(H,31,37)(H,35,36). The van der Waals surface area contributed by atoms with Gasteiger partial charge in [0.05, 0.1) is 20.6 Å². The molecule has 3 amide bonds. The Kier molecular flexibility index (Phi) is 10.1. The summed E-state index contributed by atoms with van der Waals surface area (Å²) < 4.78 is 12.5. The molecule has 0 spiro atoms. The Balaban J connectivity index is 2.06. The molecule has 0 aliphatic carbocycles. The van der Waals surface area contributed by atoms with Crippen LogP contribution in [0.3, 0.4) is 0 Å². The second kappa shape index (κ2) is 13.5. The van der Waals surface area contributed by atoms with Gasteiger partial charge in [-0.05, 0) is 43.2 Å². The van der Waals surface area contributed by atoms with Gasteiger partial charge < -0.3 is 35.1 Å². The van der Waals surface area contributed by atoms with Crippen molar-refractivity contribution in [1.29, 1.82) is 0 Å². The van der Waals surface area contributed by atoms with Crippen molar-refractivity contribution in [3.05, 3.63) is 53.7 Å². The number of anilines is 1. The first-order valence-electron chi connectivity index (χ1n) is 13.0. The van der Waals surface area contributed by atoms with Crippen molar-refractivity contribution in [3.63, 3.8) is 0 Å². The van der Waals surface area contributed by atoms with Crippen molar-refractivity contribution in [2.75, 3.05) is 25.7 Å². The molecular formula is C29H36N4O7. The number of amides is 3. The summed E-state index contributed by atoms with van der Waals surface area (Å²) >= 11 is 0. The highest BCUT2D eigenvalue weighted by atomic mass is 16.5. The summed E-state index contributed by atoms with van der Waals surface area (Å²) in [6.45, 7) is 3.70. The van der Waals surface area contributed by atoms with Crippen LogP contribution < -0.4 is 25.4 Å². The Morgan fingerprint density at radius 3 is 2.27 bits per heavy atom. The van der Waals surface area contributed by atoms with Crippen molar-refractivity contribution in [2.24, 2.45) is 5.73 Å². The second-order valence-corrected chi connectivity index (χ2v) is 9.48. The van der Waals surface area contributed by atoms with Gasteiger partial charge in [0.25, 0.3) is 5.91 Å². The van der Waals surface area contributed by atoms with Gasteiger partial charge >= 0.3 is 5.97 Å². The van der Waals surface area contributed by atoms with Gasteiger partial charge in [0.1, 0.15) is 35.5 Å². The van der Waals surface area contributed by atoms with Gasteiger partial charge in [-0.2, -0.15) is 0 Å². The number of unbranched alkanes of at least 4 members (excludes halogenated alkanes) is 2. The third-order valence-corrected chi connectivity index (χ3v) is 6.49. The number of rotatable bonds is 14. The van der Waals surface area contributed by atoms with Crippen molar-refractivity contribution in [1.82, 2.24) is 9.88 Å². The maximum Gasteiger partial charge on any atom is 0.323 e. The predicted octanol–water partition coefficient (Wildman–Crippen LogP) is 3.25. The van der Waals surface area contributed by atoms with Crippen molar-refractivity contribution < 1.29 is 33.8 Å². The normalized spacial score (nSPS) is 11.6. The number of hydrogen-bond donors (Lipinski definition) is 3. The Bertz CT molecular complexity index is 1370. The van der Waals surface area contributed by atoms with Crippen LogP contribution in [0, 0.1) is 6.92 Å². The second-order valence-electron chi connectivity index (χ2n) is 9.48. The molecule has 3 aromatic rings. The Morgan fingerprint density at radius 2 is 1.70 bits per heavy atom. The molecule has 0 aliphatic rings. The Morgan fingerprint density at radius 1 is 1.05 bits per heavy atom. The van der Waals surface area contributed by atoms with Crippen LogP contribution in [0.2, 0.25) is 0 Å². The zero-order valence-corrected chi connectivity index (χ0v) is 23.2. The van der Waals surface area contributed by atoms with E-state index < -0.39 is 42.7 Å². The summed E-state index contributed by atoms with van der Waals surface area (Å²) in [5, 5.41) is 12.8. The molecule has 214 valence electrons. The molecule has 11 nitrogen and oxygen atoms in total. The summed E-state index contributed by atoms with van der Waals surface area (Å²) in [7, 11) is 2.96. The first kappa shape index (κ1) is 30.0. The summed E-state index contributed by atoms with van der Waals surface area (Å²) in [4.78, 5) is 52.7. The maximum atomic E-state index is 14.1. The topological polar surface area (TPSA) is 153 Å². The molecule has 0 radical (unpaired) electrons. The molecule has 1 unspecified atom stereocenters. The number of methoxy groups -OCH3 is 2. The van der Waals surface area contributed by atoms with E-state index in [-0.39, 0.29) is 12.2 Å². The molecule has 3 rings (SSSR count). The monoisotopic (exact) mass is 552 g/mol. The lowest BCUT2D eigenvalue weighted by atomic mass is 10.1. The Labute approximate surface area is 232 Å². The van der Waals surface area contributed by atoms with Crippen LogP contribution in [-0.2, 0) is 20.9 Å². The number of benzene rings is 2. The molecule has 0 fully saturated rings. The molecule has 1 aromatic heterocycles. The number of aryl methyl sites for hydroxylation is 1. The van der Waals surface area contributed by atoms with Gasteiger partial charge in [0, 0.05) is 17.4 Å². The van der Waals surface area contributed by atoms with E-state index in [9.17, 15) is 24.3 Å². The van der Waals surface area contributed by atoms with Crippen LogP contribution in [0.15, 0.2) is 42.5 Å². The number of ether oxygens (including phenoxy) is 2. The number of carboxylic acids is 1. The fourth-order valence-electron chi connectivity index (χ4n) is 4.67. The van der Waals surface area contributed by atoms with Gasteiger partial charge in [-0.3, -0.25) is 19.2 Å². The lowest BCUT2D eigenvalue weighted by Crippen LogP contribution is -2.51. The van der Waals surface area contributed by atoms with Crippen LogP contribution in [0.5, 0.6) is 11.5 Å². The maximum absolute atomic E-state index is 14.1. The van der Waals surface area contributed by atoms with E-state index >= 15 is 0 Å². The quantitative estimate of drug-likeness (QED) is 0.260. The van der Waals surface area contributed by atoms with E-state index in [1.807, 2.05) is 13.8 Å². The van der Waals surface area contributed by atoms with Gasteiger partial charge in [0.15, 0.2) is 0 Å². The molecule has 0 saturated carbocycles. The molecule has 0 bridgehead atoms. The zero-order chi connectivity index (χ0) is 29.4. The van der Waals surface area contributed by atoms with Crippen molar-refractivity contribution >= 4 is 40.3 Å². The largest absolute Gasteiger partial charge is 0.494 e. The van der Waals surface area contributed by atoms with E-state index in [4.69, 9.17) is 15.2 Å². The van der Waals surface area contributed by atoms with Crippen LogP contribution in [0.1, 0.15) is 48.7 Å². The molecule has 1 atom stereocenters. The number of nitrogens with zero attached hydrogens (tertiary/aromatic N) is 2. The number of carbonyl (C=O) groups excluding carboxylic acids is 3. The van der Waals surface area contributed by atoms with Gasteiger partial charge in [-0.1, -0.05) is 38.0 Å². The van der Waals surface area contributed by atoms with Crippen LogP contribution in [0.25, 0.3) is 10.9 Å². The lowest BCUT2D eigenvalue weighted by Gasteiger charge is -2.30. The number of primary amides is 1. The first-order valence-corrected chi connectivity index (χ1v) is 13.0. The van der Waals surface area contributed by atoms with Gasteiger partial charge in [-0.25, -0.2) is 0 Å². The fraction of sp³-hybridized carbons (Fsp3) is 0.379. The highest BCUT2D eigenvalue weighted by Gasteiger charge is 2.33. The highest BCUT2D eigenvalue weighted by Crippen LogP contribution is 2.40. The van der Waals surface area contributed by atoms with Crippen LogP contribution >= 0.6 is 0 Å². The third-order valence-electron chi connectivity index (χ3n) is 6.49. The molecular weight excluding hydrogens is 516 g/mol. The first-order chi connectivity index (χ1) is 19.1. The smallest absolute Gasteiger partial charge is 0.323 e. The minimum absolute atomic E-state index is 0.0360. The number of para-hydroxylation sites is 1. The Hall–Kier alpha value is -4.54. The number of aromatic nitrogens is 1. The number of carboxylic acid groups (broad SMARTS) is 1. The molecule has 4 N–H and O–H groups in total. The minimum atomic E-state index is -1.33. The third kappa shape index (κ3) is 6.90. The number of hydrogen-bond acceptors (Lipinski definition) is 6. The number of fused-ring (bicyclic) bond motifs is 1. The summed E-state index contributed by atoms with van der Waals surface area (Å²) in [6, 6.07) is 10.7. The van der Waals surface area contributed by atoms with Crippen LogP contribution in [-0.4, -0.2) is 60.2 Å². The van der Waals surface area contributed by atoms with Gasteiger partial charge in [-0.15, -0.1) is 0 Å². The summed E-state index contributed by atoms with van der Waals surface area (Å²) in [5.74, 6) is -2.43. The highest BCUT2D eigenvalue weighted by molar-refractivity contribution is 6.06. The molecule has 0 aliphatic heterocycles. The molecule has 40 heavy (non-hydrogen) atoms. The van der Waals surface area contributed by atoms with E-state index in [2.05, 4.69) is 5.32 Å². The minimum Gasteiger partial charge on any atom is -0.494 e. The number of nitrogens with one attached hydrogen (secondary N) is 1. The van der Waals surface area contributed by atoms with E-state index in [1.54, 1.807) is 42.5 Å². The average Bonchev–Trinajstić information content (AvgIpc) is 3.27. The van der Waals surface area contributed by atoms with E-state index in [0.29, 0.717) is 34.5 Å². The molecule has 0 saturated heterocycles. The van der Waals surface area contributed by atoms with E-state index in [1.165, 1.54) is 23.7 Å². The zero-order valence-electron chi connectivity index (χ0n) is 23.2. The average molecular weight is 553 g/mol. The molecule has 1 heterocycles. The van der Waals surface area contributed by atoms with Crippen molar-refractivity contribution in [3.8, 4) is 11.5 Å². The van der Waals surface area contributed by atoms with Gasteiger partial charge in [0.2, 0.25) is 11.8 Å². The van der Waals surface area contributed by atoms with Crippen LogP contribution in [0.4, 0.5) is 5.69 Å². The SMILES string of the molecule is CCCCCN(C(=O)C(CC(N)=O)NC(=O)c1cc2ccccc2n1CC(=O)O)c1c(OC)cc(C)cc1OC. The number of aliphatic carboxylic acids is 1. The van der Waals surface area contributed by atoms with E-state index in [0.717, 1.165) is 18.4 Å². The molecule has 2 aromatic carbocycles.